The van der Waals surface area contributed by atoms with Crippen molar-refractivity contribution in [2.24, 2.45) is 28.9 Å². The maximum atomic E-state index is 13.6. The van der Waals surface area contributed by atoms with Gasteiger partial charge in [-0.15, -0.1) is 0 Å². The number of hydrogen-bond acceptors (Lipinski definition) is 5. The summed E-state index contributed by atoms with van der Waals surface area (Å²) in [5.74, 6) is -1.79. The fraction of sp³-hybridized carbons (Fsp3) is 0.636. The number of nitrogens with one attached hydrogen (secondary N) is 2. The molecule has 0 saturated heterocycles. The van der Waals surface area contributed by atoms with Crippen LogP contribution in [0.1, 0.15) is 52.4 Å². The minimum atomic E-state index is -4.21. The van der Waals surface area contributed by atoms with Gasteiger partial charge in [-0.3, -0.25) is 9.59 Å². The van der Waals surface area contributed by atoms with Crippen molar-refractivity contribution in [2.75, 3.05) is 0 Å². The number of carbonyl (C=O) groups excluding carboxylic acids is 2. The highest BCUT2D eigenvalue weighted by atomic mass is 32.2. The Hall–Kier alpha value is -2.20. The zero-order chi connectivity index (χ0) is 23.5. The summed E-state index contributed by atoms with van der Waals surface area (Å²) in [7, 11) is -4.21. The number of fused-ring (bicyclic) bond motifs is 1. The van der Waals surface area contributed by atoms with Crippen LogP contribution < -0.4 is 15.8 Å². The molecular weight excluding hydrogens is 437 g/mol. The van der Waals surface area contributed by atoms with Gasteiger partial charge >= 0.3 is 0 Å². The van der Waals surface area contributed by atoms with Crippen LogP contribution in [0.2, 0.25) is 0 Å². The Labute approximate surface area is 187 Å². The van der Waals surface area contributed by atoms with Crippen molar-refractivity contribution in [1.82, 2.24) is 10.0 Å². The Morgan fingerprint density at radius 3 is 2.53 bits per heavy atom. The van der Waals surface area contributed by atoms with Crippen LogP contribution in [0.4, 0.5) is 4.39 Å². The summed E-state index contributed by atoms with van der Waals surface area (Å²) < 4.78 is 41.5. The van der Waals surface area contributed by atoms with E-state index in [2.05, 4.69) is 10.0 Å². The van der Waals surface area contributed by atoms with Gasteiger partial charge < -0.3 is 16.2 Å². The minimum absolute atomic E-state index is 0.122. The highest BCUT2D eigenvalue weighted by Gasteiger charge is 2.56. The molecule has 4 aliphatic rings. The van der Waals surface area contributed by atoms with E-state index in [1.165, 1.54) is 13.8 Å². The van der Waals surface area contributed by atoms with Crippen molar-refractivity contribution in [3.63, 3.8) is 0 Å². The lowest BCUT2D eigenvalue weighted by Crippen LogP contribution is -2.61. The molecule has 10 heteroatoms. The van der Waals surface area contributed by atoms with Gasteiger partial charge in [0, 0.05) is 11.5 Å². The first-order chi connectivity index (χ1) is 14.8. The average Bonchev–Trinajstić information content (AvgIpc) is 2.89. The summed E-state index contributed by atoms with van der Waals surface area (Å²) in [5, 5.41) is 12.4. The topological polar surface area (TPSA) is 139 Å². The van der Waals surface area contributed by atoms with E-state index in [0.717, 1.165) is 37.8 Å². The van der Waals surface area contributed by atoms with Crippen molar-refractivity contribution in [3.05, 3.63) is 24.0 Å². The van der Waals surface area contributed by atoms with Crippen LogP contribution in [0.5, 0.6) is 5.75 Å². The van der Waals surface area contributed by atoms with Crippen LogP contribution >= 0.6 is 0 Å². The third-order valence-electron chi connectivity index (χ3n) is 7.59. The number of primary amides is 1. The molecule has 4 saturated carbocycles. The van der Waals surface area contributed by atoms with Crippen molar-refractivity contribution >= 4 is 21.8 Å². The van der Waals surface area contributed by atoms with Gasteiger partial charge in [-0.2, -0.15) is 4.72 Å². The summed E-state index contributed by atoms with van der Waals surface area (Å²) in [6.07, 6.45) is 4.96. The van der Waals surface area contributed by atoms with E-state index in [4.69, 9.17) is 5.73 Å². The molecule has 1 aromatic rings. The van der Waals surface area contributed by atoms with Gasteiger partial charge in [-0.25, -0.2) is 12.8 Å². The molecule has 5 N–H and O–H groups in total. The Bertz CT molecular complexity index is 1060. The van der Waals surface area contributed by atoms with Crippen LogP contribution in [0.3, 0.4) is 0 Å². The van der Waals surface area contributed by atoms with Crippen LogP contribution in [-0.2, 0) is 19.6 Å². The number of benzene rings is 1. The number of hydrogen-bond donors (Lipinski definition) is 4. The standard InChI is InChI=1S/C22H30FN3O5S/c1-21(2,26-32(30,31)15-5-6-17(27)16(23)8-15)20(29)25-18-13-4-3-12-7-14(18)11-22(9-12,10-13)19(24)28/h5-6,8,12-14,18,26-27H,3-4,7,9-11H2,1-2H3,(H2,24,28)(H,25,29). The van der Waals surface area contributed by atoms with E-state index in [9.17, 15) is 27.5 Å². The van der Waals surface area contributed by atoms with Crippen molar-refractivity contribution in [1.29, 1.82) is 0 Å². The molecule has 0 heterocycles. The highest BCUT2D eigenvalue weighted by molar-refractivity contribution is 7.89. The lowest BCUT2D eigenvalue weighted by molar-refractivity contribution is -0.137. The molecule has 2 amide bonds. The van der Waals surface area contributed by atoms with Gasteiger partial charge in [-0.1, -0.05) is 6.42 Å². The number of phenolic OH excluding ortho intramolecular Hbond substituents is 1. The van der Waals surface area contributed by atoms with Gasteiger partial charge in [0.25, 0.3) is 0 Å². The normalized spacial score (nSPS) is 31.8. The second-order valence-electron chi connectivity index (χ2n) is 10.3. The van der Waals surface area contributed by atoms with Gasteiger partial charge in [0.15, 0.2) is 11.6 Å². The number of phenols is 1. The molecule has 5 atom stereocenters. The van der Waals surface area contributed by atoms with Gasteiger partial charge in [0.05, 0.1) is 4.90 Å². The second-order valence-corrected chi connectivity index (χ2v) is 12.0. The van der Waals surface area contributed by atoms with E-state index >= 15 is 0 Å². The number of carbonyl (C=O) groups is 2. The van der Waals surface area contributed by atoms with Crippen molar-refractivity contribution in [3.8, 4) is 5.75 Å². The lowest BCUT2D eigenvalue weighted by Gasteiger charge is -2.50. The van der Waals surface area contributed by atoms with E-state index in [0.29, 0.717) is 24.8 Å². The highest BCUT2D eigenvalue weighted by Crippen LogP contribution is 2.57. The molecule has 4 bridgehead atoms. The molecule has 0 aromatic heterocycles. The quantitative estimate of drug-likeness (QED) is 0.505. The fourth-order valence-electron chi connectivity index (χ4n) is 6.10. The van der Waals surface area contributed by atoms with E-state index in [1.54, 1.807) is 0 Å². The summed E-state index contributed by atoms with van der Waals surface area (Å²) in [4.78, 5) is 25.0. The maximum Gasteiger partial charge on any atom is 0.241 e. The number of nitrogens with two attached hydrogens (primary N) is 1. The van der Waals surface area contributed by atoms with Crippen molar-refractivity contribution in [2.45, 2.75) is 68.8 Å². The number of sulfonamides is 1. The number of rotatable bonds is 6. The van der Waals surface area contributed by atoms with E-state index in [-0.39, 0.29) is 28.7 Å². The number of aromatic hydroxyl groups is 1. The number of amides is 2. The molecule has 0 radical (unpaired) electrons. The molecule has 4 fully saturated rings. The molecule has 4 aliphatic carbocycles. The average molecular weight is 468 g/mol. The van der Waals surface area contributed by atoms with E-state index in [1.807, 2.05) is 0 Å². The summed E-state index contributed by atoms with van der Waals surface area (Å²) in [6, 6.07) is 2.58. The Morgan fingerprint density at radius 1 is 1.19 bits per heavy atom. The Kier molecular flexibility index (Phi) is 5.52. The largest absolute Gasteiger partial charge is 0.505 e. The lowest BCUT2D eigenvalue weighted by atomic mass is 9.56. The minimum Gasteiger partial charge on any atom is -0.505 e. The maximum absolute atomic E-state index is 13.6. The van der Waals surface area contributed by atoms with Crippen molar-refractivity contribution < 1.29 is 27.5 Å². The van der Waals surface area contributed by atoms with Crippen LogP contribution in [-0.4, -0.2) is 36.9 Å². The van der Waals surface area contributed by atoms with E-state index < -0.39 is 38.5 Å². The molecule has 32 heavy (non-hydrogen) atoms. The molecule has 1 aromatic carbocycles. The van der Waals surface area contributed by atoms with Crippen LogP contribution in [0.15, 0.2) is 23.1 Å². The predicted molar refractivity (Wildman–Crippen MR) is 114 cm³/mol. The van der Waals surface area contributed by atoms with Crippen LogP contribution in [0.25, 0.3) is 0 Å². The second kappa shape index (κ2) is 7.69. The monoisotopic (exact) mass is 467 g/mol. The van der Waals surface area contributed by atoms with Gasteiger partial charge in [-0.05, 0) is 81.9 Å². The molecular formula is C22H30FN3O5S. The fourth-order valence-corrected chi connectivity index (χ4v) is 7.49. The summed E-state index contributed by atoms with van der Waals surface area (Å²) >= 11 is 0. The summed E-state index contributed by atoms with van der Waals surface area (Å²) in [6.45, 7) is 2.90. The first kappa shape index (κ1) is 23.0. The molecule has 5 unspecified atom stereocenters. The molecule has 5 rings (SSSR count). The first-order valence-electron chi connectivity index (χ1n) is 11.0. The third-order valence-corrected chi connectivity index (χ3v) is 9.24. The molecule has 0 aliphatic heterocycles. The van der Waals surface area contributed by atoms with Gasteiger partial charge in [0.1, 0.15) is 5.54 Å². The molecule has 8 nitrogen and oxygen atoms in total. The molecule has 0 spiro atoms. The van der Waals surface area contributed by atoms with Crippen LogP contribution in [0, 0.1) is 29.0 Å². The van der Waals surface area contributed by atoms with Gasteiger partial charge in [0.2, 0.25) is 21.8 Å². The molecule has 176 valence electrons. The SMILES string of the molecule is CC(C)(NS(=O)(=O)c1ccc(O)c(F)c1)C(=O)NC1C2CCC3CC1CC(C(N)=O)(C3)C2. The zero-order valence-electron chi connectivity index (χ0n) is 18.2. The Morgan fingerprint density at radius 2 is 1.88 bits per heavy atom. The zero-order valence-corrected chi connectivity index (χ0v) is 19.0. The summed E-state index contributed by atoms with van der Waals surface area (Å²) in [5.41, 5.74) is 3.78. The predicted octanol–water partition coefficient (Wildman–Crippen LogP) is 1.77. The third kappa shape index (κ3) is 3.98. The Balaban J connectivity index is 1.51. The number of halogens is 1. The first-order valence-corrected chi connectivity index (χ1v) is 12.4. The smallest absolute Gasteiger partial charge is 0.241 e.